The van der Waals surface area contributed by atoms with Gasteiger partial charge < -0.3 is 9.66 Å². The van der Waals surface area contributed by atoms with Crippen molar-refractivity contribution in [2.45, 2.75) is 18.7 Å². The summed E-state index contributed by atoms with van der Waals surface area (Å²) >= 11 is 0. The average Bonchev–Trinajstić information content (AvgIpc) is 2.56. The third-order valence-corrected chi connectivity index (χ3v) is 4.90. The molecule has 0 saturated heterocycles. The van der Waals surface area contributed by atoms with Gasteiger partial charge in [-0.2, -0.15) is 5.11 Å². The van der Waals surface area contributed by atoms with Crippen LogP contribution in [0.3, 0.4) is 0 Å². The second kappa shape index (κ2) is 8.22. The Bertz CT molecular complexity index is 1110. The van der Waals surface area contributed by atoms with Crippen LogP contribution in [-0.4, -0.2) is 67.0 Å². The fourth-order valence-electron chi connectivity index (χ4n) is 2.49. The third-order valence-electron chi connectivity index (χ3n) is 4.06. The van der Waals surface area contributed by atoms with E-state index >= 15 is 0 Å². The minimum atomic E-state index is -4.55. The zero-order chi connectivity index (χ0) is 18.2. The number of benzene rings is 3. The molecule has 0 saturated carbocycles. The van der Waals surface area contributed by atoms with Crippen LogP contribution in [0.1, 0.15) is 11.1 Å². The zero-order valence-corrected chi connectivity index (χ0v) is 19.6. The number of nitrogens with zero attached hydrogens (tertiary/aromatic N) is 2. The van der Waals surface area contributed by atoms with Gasteiger partial charge in [-0.3, -0.25) is 0 Å². The van der Waals surface area contributed by atoms with E-state index in [1.54, 1.807) is 0 Å². The SMILES string of the molecule is Cc1cccc(N=Nc2c(O)ccc3cc(S(=O)(=O)[O-])ccc23)c1C.[Ba+2]. The molecule has 8 heteroatoms. The molecule has 0 aliphatic rings. The van der Waals surface area contributed by atoms with Crippen molar-refractivity contribution in [3.05, 3.63) is 59.7 Å². The minimum Gasteiger partial charge on any atom is -0.744 e. The van der Waals surface area contributed by atoms with Gasteiger partial charge in [0.05, 0.1) is 10.6 Å². The van der Waals surface area contributed by atoms with Gasteiger partial charge in [0.25, 0.3) is 0 Å². The largest absolute Gasteiger partial charge is 2.00 e. The van der Waals surface area contributed by atoms with Crippen LogP contribution in [0, 0.1) is 13.8 Å². The van der Waals surface area contributed by atoms with E-state index in [1.807, 2.05) is 32.0 Å². The number of hydrogen-bond acceptors (Lipinski definition) is 6. The van der Waals surface area contributed by atoms with E-state index in [4.69, 9.17) is 0 Å². The maximum atomic E-state index is 11.2. The third kappa shape index (κ3) is 4.37. The fourth-order valence-corrected chi connectivity index (χ4v) is 2.99. The summed E-state index contributed by atoms with van der Waals surface area (Å²) in [6.45, 7) is 3.90. The predicted molar refractivity (Wildman–Crippen MR) is 99.4 cm³/mol. The Hall–Kier alpha value is -1.20. The molecule has 0 radical (unpaired) electrons. The van der Waals surface area contributed by atoms with Gasteiger partial charge in [-0.1, -0.05) is 24.3 Å². The quantitative estimate of drug-likeness (QED) is 0.338. The van der Waals surface area contributed by atoms with Crippen molar-refractivity contribution >= 4 is 81.1 Å². The summed E-state index contributed by atoms with van der Waals surface area (Å²) in [6, 6.07) is 12.5. The fraction of sp³-hybridized carbons (Fsp3) is 0.111. The van der Waals surface area contributed by atoms with E-state index in [1.165, 1.54) is 30.3 Å². The minimum absolute atomic E-state index is 0. The van der Waals surface area contributed by atoms with E-state index in [0.29, 0.717) is 16.5 Å². The van der Waals surface area contributed by atoms with Gasteiger partial charge >= 0.3 is 48.9 Å². The van der Waals surface area contributed by atoms with Gasteiger partial charge in [0.2, 0.25) is 0 Å². The van der Waals surface area contributed by atoms with Crippen LogP contribution in [0.5, 0.6) is 5.75 Å². The van der Waals surface area contributed by atoms with Gasteiger partial charge in [-0.15, -0.1) is 5.11 Å². The standard InChI is InChI=1S/C18H16N2O4S.Ba/c1-11-4-3-5-16(12(11)2)19-20-18-15-8-7-14(25(22,23)24)10-13(15)6-9-17(18)21;/h3-10,21H,1-2H3,(H,22,23,24);/q;+2/p-1. The smallest absolute Gasteiger partial charge is 0.744 e. The molecule has 6 nitrogen and oxygen atoms in total. The summed E-state index contributed by atoms with van der Waals surface area (Å²) in [7, 11) is -4.55. The summed E-state index contributed by atoms with van der Waals surface area (Å²) in [5.74, 6) is -0.0840. The molecule has 0 aromatic heterocycles. The first-order valence-corrected chi connectivity index (χ1v) is 8.88. The van der Waals surface area contributed by atoms with E-state index in [2.05, 4.69) is 10.2 Å². The zero-order valence-electron chi connectivity index (χ0n) is 14.3. The molecule has 26 heavy (non-hydrogen) atoms. The molecule has 0 fully saturated rings. The maximum absolute atomic E-state index is 11.2. The van der Waals surface area contributed by atoms with Gasteiger partial charge in [0.1, 0.15) is 21.6 Å². The normalized spacial score (nSPS) is 11.7. The molecular formula is C18H15BaN2O4S+. The van der Waals surface area contributed by atoms with Crippen molar-refractivity contribution in [3.8, 4) is 5.75 Å². The molecule has 0 aliphatic carbocycles. The summed E-state index contributed by atoms with van der Waals surface area (Å²) in [5.41, 5.74) is 2.94. The number of rotatable bonds is 3. The van der Waals surface area contributed by atoms with Crippen molar-refractivity contribution in [2.75, 3.05) is 0 Å². The molecule has 1 N–H and O–H groups in total. The number of aromatic hydroxyl groups is 1. The monoisotopic (exact) mass is 493 g/mol. The van der Waals surface area contributed by atoms with Gasteiger partial charge in [-0.05, 0) is 54.6 Å². The maximum Gasteiger partial charge on any atom is 2.00 e. The Kier molecular flexibility index (Phi) is 6.67. The van der Waals surface area contributed by atoms with E-state index in [0.717, 1.165) is 11.1 Å². The Morgan fingerprint density at radius 3 is 2.42 bits per heavy atom. The van der Waals surface area contributed by atoms with Crippen LogP contribution >= 0.6 is 0 Å². The van der Waals surface area contributed by atoms with Crippen LogP contribution in [0.15, 0.2) is 63.7 Å². The van der Waals surface area contributed by atoms with Crippen LogP contribution in [0.2, 0.25) is 0 Å². The number of phenols is 1. The Labute approximate surface area is 191 Å². The summed E-state index contributed by atoms with van der Waals surface area (Å²) in [6.07, 6.45) is 0. The molecule has 0 amide bonds. The van der Waals surface area contributed by atoms with Crippen LogP contribution in [0.25, 0.3) is 10.8 Å². The molecule has 0 bridgehead atoms. The summed E-state index contributed by atoms with van der Waals surface area (Å²) < 4.78 is 33.5. The first-order chi connectivity index (χ1) is 11.8. The predicted octanol–water partition coefficient (Wildman–Crippen LogP) is 4.10. The van der Waals surface area contributed by atoms with E-state index < -0.39 is 10.1 Å². The Morgan fingerprint density at radius 2 is 1.73 bits per heavy atom. The van der Waals surface area contributed by atoms with Gasteiger partial charge in [0.15, 0.2) is 0 Å². The van der Waals surface area contributed by atoms with Crippen molar-refractivity contribution in [1.82, 2.24) is 0 Å². The van der Waals surface area contributed by atoms with Gasteiger partial charge in [-0.25, -0.2) is 8.42 Å². The van der Waals surface area contributed by atoms with Crippen molar-refractivity contribution in [1.29, 1.82) is 0 Å². The molecule has 3 aromatic carbocycles. The van der Waals surface area contributed by atoms with Crippen molar-refractivity contribution < 1.29 is 18.1 Å². The number of phenolic OH excluding ortho intramolecular Hbond substituents is 1. The van der Waals surface area contributed by atoms with E-state index in [9.17, 15) is 18.1 Å². The molecule has 0 heterocycles. The molecule has 0 atom stereocenters. The molecule has 3 aromatic rings. The molecular weight excluding hydrogens is 478 g/mol. The molecule has 3 rings (SSSR count). The van der Waals surface area contributed by atoms with Crippen LogP contribution < -0.4 is 0 Å². The second-order valence-corrected chi connectivity index (χ2v) is 7.07. The molecule has 0 aliphatic heterocycles. The first kappa shape index (κ1) is 21.1. The molecule has 0 spiro atoms. The Morgan fingerprint density at radius 1 is 1.00 bits per heavy atom. The Balaban J connectivity index is 0.00000243. The summed E-state index contributed by atoms with van der Waals surface area (Å²) in [4.78, 5) is -0.330. The van der Waals surface area contributed by atoms with Crippen LogP contribution in [0.4, 0.5) is 11.4 Å². The topological polar surface area (TPSA) is 102 Å². The molecule has 0 unspecified atom stereocenters. The van der Waals surface area contributed by atoms with Crippen molar-refractivity contribution in [3.63, 3.8) is 0 Å². The number of azo groups is 1. The second-order valence-electron chi connectivity index (χ2n) is 5.69. The summed E-state index contributed by atoms with van der Waals surface area (Å²) in [5, 5.41) is 19.4. The molecule has 128 valence electrons. The van der Waals surface area contributed by atoms with E-state index in [-0.39, 0.29) is 65.2 Å². The first-order valence-electron chi connectivity index (χ1n) is 7.47. The van der Waals surface area contributed by atoms with Gasteiger partial charge in [0, 0.05) is 5.39 Å². The number of aryl methyl sites for hydroxylation is 1. The van der Waals surface area contributed by atoms with Crippen LogP contribution in [-0.2, 0) is 10.1 Å². The van der Waals surface area contributed by atoms with Crippen molar-refractivity contribution in [2.24, 2.45) is 10.2 Å². The number of hydrogen-bond donors (Lipinski definition) is 1. The average molecular weight is 493 g/mol. The number of fused-ring (bicyclic) bond motifs is 1.